The molecule has 0 unspecified atom stereocenters. The number of carbonyl (C=O) groups excluding carboxylic acids is 1. The second-order valence-corrected chi connectivity index (χ2v) is 9.15. The highest BCUT2D eigenvalue weighted by molar-refractivity contribution is 9.10. The summed E-state index contributed by atoms with van der Waals surface area (Å²) >= 11 is 3.43. The van der Waals surface area contributed by atoms with Crippen LogP contribution in [0.4, 0.5) is 0 Å². The van der Waals surface area contributed by atoms with E-state index in [1.807, 2.05) is 42.5 Å². The number of halogens is 1. The van der Waals surface area contributed by atoms with Crippen LogP contribution in [0, 0.1) is 23.7 Å². The van der Waals surface area contributed by atoms with E-state index in [0.29, 0.717) is 28.9 Å². The predicted molar refractivity (Wildman–Crippen MR) is 112 cm³/mol. The molecule has 5 rings (SSSR count). The maximum Gasteiger partial charge on any atom is 0.170 e. The number of aliphatic hydroxyl groups excluding tert-OH is 1. The summed E-state index contributed by atoms with van der Waals surface area (Å²) in [5.74, 6) is 2.87. The molecule has 1 N–H and O–H groups in total. The molecule has 2 saturated carbocycles. The smallest absolute Gasteiger partial charge is 0.170 e. The van der Waals surface area contributed by atoms with Gasteiger partial charge in [0.25, 0.3) is 0 Å². The first-order valence-corrected chi connectivity index (χ1v) is 10.9. The summed E-state index contributed by atoms with van der Waals surface area (Å²) in [4.78, 5) is 13.3. The number of carbonyl (C=O) groups is 1. The van der Waals surface area contributed by atoms with Gasteiger partial charge in [-0.3, -0.25) is 4.79 Å². The molecule has 0 aromatic heterocycles. The summed E-state index contributed by atoms with van der Waals surface area (Å²) in [6.45, 7) is 2.08. The number of aliphatic hydroxyl groups is 1. The lowest BCUT2D eigenvalue weighted by Crippen LogP contribution is -2.24. The molecule has 0 radical (unpaired) electrons. The number of rotatable bonds is 4. The van der Waals surface area contributed by atoms with Crippen molar-refractivity contribution < 1.29 is 14.6 Å². The van der Waals surface area contributed by atoms with Gasteiger partial charge in [-0.1, -0.05) is 28.9 Å². The fourth-order valence-corrected chi connectivity index (χ4v) is 5.86. The molecule has 3 aliphatic carbocycles. The van der Waals surface area contributed by atoms with E-state index in [4.69, 9.17) is 4.74 Å². The minimum absolute atomic E-state index is 0.00509. The Bertz CT molecular complexity index is 976. The van der Waals surface area contributed by atoms with E-state index in [2.05, 4.69) is 22.9 Å². The molecule has 0 heterocycles. The summed E-state index contributed by atoms with van der Waals surface area (Å²) in [5.41, 5.74) is 2.46. The van der Waals surface area contributed by atoms with Gasteiger partial charge in [0.15, 0.2) is 5.78 Å². The van der Waals surface area contributed by atoms with Crippen molar-refractivity contribution in [2.24, 2.45) is 23.7 Å². The second-order valence-electron chi connectivity index (χ2n) is 8.24. The fourth-order valence-electron chi connectivity index (χ4n) is 5.59. The number of Topliss-reactive ketones (excluding diaryl/α,β-unsaturated/α-hetero) is 1. The van der Waals surface area contributed by atoms with E-state index in [0.717, 1.165) is 47.0 Å². The maximum absolute atomic E-state index is 13.3. The van der Waals surface area contributed by atoms with E-state index >= 15 is 0 Å². The molecule has 0 aliphatic heterocycles. The zero-order valence-corrected chi connectivity index (χ0v) is 17.4. The second kappa shape index (κ2) is 6.77. The number of benzene rings is 2. The predicted octanol–water partition coefficient (Wildman–Crippen LogP) is 6.32. The Kier molecular flexibility index (Phi) is 4.35. The molecule has 3 nitrogen and oxygen atoms in total. The summed E-state index contributed by atoms with van der Waals surface area (Å²) in [6.07, 6.45) is 4.18. The third kappa shape index (κ3) is 2.73. The number of aryl methyl sites for hydroxylation is 1. The largest absolute Gasteiger partial charge is 0.511 e. The number of hydrogen-bond donors (Lipinski definition) is 1. The number of hydrogen-bond acceptors (Lipinski definition) is 3. The summed E-state index contributed by atoms with van der Waals surface area (Å²) in [5, 5.41) is 11.0. The molecule has 4 atom stereocenters. The molecular formula is C24H23BrO3. The Labute approximate surface area is 173 Å². The van der Waals surface area contributed by atoms with Crippen molar-refractivity contribution in [2.45, 2.75) is 32.6 Å². The molecule has 3 aliphatic rings. The van der Waals surface area contributed by atoms with Crippen LogP contribution in [0.15, 0.2) is 52.7 Å². The number of ether oxygens (including phenoxy) is 1. The molecule has 4 heteroatoms. The van der Waals surface area contributed by atoms with Gasteiger partial charge in [0.2, 0.25) is 0 Å². The average molecular weight is 439 g/mol. The monoisotopic (exact) mass is 438 g/mol. The van der Waals surface area contributed by atoms with Crippen LogP contribution < -0.4 is 4.74 Å². The summed E-state index contributed by atoms with van der Waals surface area (Å²) in [7, 11) is 0. The highest BCUT2D eigenvalue weighted by Crippen LogP contribution is 2.60. The van der Waals surface area contributed by atoms with Crippen molar-refractivity contribution >= 4 is 27.3 Å². The van der Waals surface area contributed by atoms with Crippen LogP contribution >= 0.6 is 15.9 Å². The Morgan fingerprint density at radius 3 is 2.39 bits per heavy atom. The van der Waals surface area contributed by atoms with Crippen molar-refractivity contribution in [3.63, 3.8) is 0 Å². The molecule has 0 spiro atoms. The Hall–Kier alpha value is -2.07. The van der Waals surface area contributed by atoms with Gasteiger partial charge in [-0.15, -0.1) is 0 Å². The molecule has 2 fully saturated rings. The van der Waals surface area contributed by atoms with Gasteiger partial charge in [0, 0.05) is 16.3 Å². The van der Waals surface area contributed by atoms with E-state index in [1.54, 1.807) is 0 Å². The van der Waals surface area contributed by atoms with Crippen molar-refractivity contribution in [1.29, 1.82) is 0 Å². The quantitative estimate of drug-likeness (QED) is 0.607. The zero-order chi connectivity index (χ0) is 19.4. The van der Waals surface area contributed by atoms with Gasteiger partial charge in [0.05, 0.1) is 5.57 Å². The molecule has 28 heavy (non-hydrogen) atoms. The van der Waals surface area contributed by atoms with Crippen LogP contribution in [0.1, 0.15) is 37.3 Å². The van der Waals surface area contributed by atoms with Crippen molar-refractivity contribution in [1.82, 2.24) is 0 Å². The topological polar surface area (TPSA) is 46.5 Å². The molecule has 2 bridgehead atoms. The highest BCUT2D eigenvalue weighted by Gasteiger charge is 2.57. The zero-order valence-electron chi connectivity index (χ0n) is 15.8. The van der Waals surface area contributed by atoms with Crippen molar-refractivity contribution in [3.8, 4) is 11.5 Å². The van der Waals surface area contributed by atoms with Gasteiger partial charge in [-0.25, -0.2) is 0 Å². The van der Waals surface area contributed by atoms with Crippen LogP contribution in [0.5, 0.6) is 11.5 Å². The molecular weight excluding hydrogens is 416 g/mol. The van der Waals surface area contributed by atoms with Gasteiger partial charge in [-0.05, 0) is 85.0 Å². The van der Waals surface area contributed by atoms with Gasteiger partial charge >= 0.3 is 0 Å². The Balaban J connectivity index is 1.53. The van der Waals surface area contributed by atoms with Crippen molar-refractivity contribution in [2.75, 3.05) is 0 Å². The van der Waals surface area contributed by atoms with Crippen LogP contribution in [0.3, 0.4) is 0 Å². The normalized spacial score (nSPS) is 28.1. The maximum atomic E-state index is 13.3. The third-order valence-electron chi connectivity index (χ3n) is 6.82. The minimum atomic E-state index is -0.00509. The van der Waals surface area contributed by atoms with E-state index in [1.165, 1.54) is 0 Å². The fraction of sp³-hybridized carbons (Fsp3) is 0.375. The first-order chi connectivity index (χ1) is 13.6. The number of allylic oxidation sites excluding steroid dienone is 2. The molecule has 0 amide bonds. The van der Waals surface area contributed by atoms with Gasteiger partial charge in [0.1, 0.15) is 17.3 Å². The first kappa shape index (κ1) is 18.0. The van der Waals surface area contributed by atoms with Gasteiger partial charge < -0.3 is 9.84 Å². The SMILES string of the molecule is CCc1ccc(Oc2ccc(Br)cc2)cc1C1=C(O)[C@H]2[C@H]3CC[C@H](C3)[C@H]2C1=O. The number of fused-ring (bicyclic) bond motifs is 5. The van der Waals surface area contributed by atoms with E-state index in [9.17, 15) is 9.90 Å². The lowest BCUT2D eigenvalue weighted by Gasteiger charge is -2.23. The Morgan fingerprint density at radius 2 is 1.71 bits per heavy atom. The minimum Gasteiger partial charge on any atom is -0.511 e. The van der Waals surface area contributed by atoms with Crippen LogP contribution in [0.25, 0.3) is 5.57 Å². The summed E-state index contributed by atoms with van der Waals surface area (Å²) < 4.78 is 7.01. The van der Waals surface area contributed by atoms with Crippen LogP contribution in [-0.2, 0) is 11.2 Å². The Morgan fingerprint density at radius 1 is 1.04 bits per heavy atom. The van der Waals surface area contributed by atoms with Crippen molar-refractivity contribution in [3.05, 3.63) is 63.8 Å². The van der Waals surface area contributed by atoms with Crippen LogP contribution in [0.2, 0.25) is 0 Å². The molecule has 2 aromatic rings. The number of ketones is 1. The van der Waals surface area contributed by atoms with E-state index in [-0.39, 0.29) is 17.6 Å². The average Bonchev–Trinajstić information content (AvgIpc) is 3.37. The standard InChI is InChI=1S/C24H23BrO3/c1-2-13-5-8-18(28-17-9-6-16(25)7-10-17)12-19(13)22-23(26)20-14-3-4-15(11-14)21(20)24(22)27/h5-10,12,14-15,20-21,26H,2-4,11H2,1H3/t14-,15+,20-,21+/m0/s1. The first-order valence-electron chi connectivity index (χ1n) is 10.1. The van der Waals surface area contributed by atoms with Gasteiger partial charge in [-0.2, -0.15) is 0 Å². The van der Waals surface area contributed by atoms with Crippen LogP contribution in [-0.4, -0.2) is 10.9 Å². The third-order valence-corrected chi connectivity index (χ3v) is 7.35. The van der Waals surface area contributed by atoms with E-state index < -0.39 is 0 Å². The summed E-state index contributed by atoms with van der Waals surface area (Å²) in [6, 6.07) is 13.5. The molecule has 0 saturated heterocycles. The molecule has 144 valence electrons. The lowest BCUT2D eigenvalue weighted by atomic mass is 9.80. The highest BCUT2D eigenvalue weighted by atomic mass is 79.9. The lowest BCUT2D eigenvalue weighted by molar-refractivity contribution is -0.118. The molecule has 2 aromatic carbocycles.